The first kappa shape index (κ1) is 39.4. The fourth-order valence-corrected chi connectivity index (χ4v) is 13.6. The Morgan fingerprint density at radius 1 is 0.931 bits per heavy atom. The van der Waals surface area contributed by atoms with Crippen molar-refractivity contribution in [1.82, 2.24) is 14.4 Å². The lowest BCUT2D eigenvalue weighted by molar-refractivity contribution is 0.0427. The molecular weight excluding hydrogens is 750 g/mol. The molecule has 2 fully saturated rings. The number of carboxylic acid groups (broad SMARTS) is 1. The van der Waals surface area contributed by atoms with E-state index >= 15 is 4.39 Å². The number of hydrogen-bond donors (Lipinski definition) is 1. The molecule has 0 unspecified atom stereocenters. The summed E-state index contributed by atoms with van der Waals surface area (Å²) in [6, 6.07) is 34.5. The predicted octanol–water partition coefficient (Wildman–Crippen LogP) is 8.75. The highest BCUT2D eigenvalue weighted by atomic mass is 28.4. The van der Waals surface area contributed by atoms with Gasteiger partial charge in [-0.3, -0.25) is 4.79 Å². The molecule has 58 heavy (non-hydrogen) atoms. The molecule has 0 radical (unpaired) electrons. The lowest BCUT2D eigenvalue weighted by Crippen LogP contribution is -2.66. The number of likely N-dealkylation sites (N-methyl/N-ethyl adjacent to an activating group) is 1. The minimum Gasteiger partial charge on any atom is -0.496 e. The molecule has 1 N–H and O–H groups in total. The molecular formula is C47H52FN3O6Si. The number of piperidine rings is 1. The topological polar surface area (TPSA) is 97.4 Å². The molecule has 0 bridgehead atoms. The normalized spacial score (nSPS) is 17.5. The zero-order valence-corrected chi connectivity index (χ0v) is 34.9. The highest BCUT2D eigenvalue weighted by Gasteiger charge is 2.50. The molecule has 9 nitrogen and oxygen atoms in total. The Bertz CT molecular complexity index is 2400. The summed E-state index contributed by atoms with van der Waals surface area (Å²) >= 11 is 0. The number of carbonyl (C=O) groups excluding carboxylic acids is 1. The van der Waals surface area contributed by atoms with Crippen LogP contribution in [-0.4, -0.2) is 85.9 Å². The molecule has 2 aliphatic rings. The number of benzene rings is 4. The first-order chi connectivity index (χ1) is 27.9. The van der Waals surface area contributed by atoms with E-state index in [4.69, 9.17) is 13.6 Å². The summed E-state index contributed by atoms with van der Waals surface area (Å²) in [7, 11) is 0.116. The van der Waals surface area contributed by atoms with Crippen LogP contribution in [0.3, 0.4) is 0 Å². The van der Waals surface area contributed by atoms with Crippen LogP contribution in [0, 0.1) is 5.92 Å². The van der Waals surface area contributed by atoms with E-state index in [1.807, 2.05) is 18.2 Å². The Balaban J connectivity index is 1.25. The fraction of sp³-hybridized carbons (Fsp3) is 0.362. The number of halogens is 1. The van der Waals surface area contributed by atoms with E-state index < -0.39 is 32.5 Å². The second kappa shape index (κ2) is 15.7. The van der Waals surface area contributed by atoms with Crippen molar-refractivity contribution >= 4 is 52.6 Å². The van der Waals surface area contributed by atoms with Gasteiger partial charge in [-0.25, -0.2) is 9.18 Å². The van der Waals surface area contributed by atoms with Gasteiger partial charge in [-0.15, -0.1) is 0 Å². The van der Waals surface area contributed by atoms with Gasteiger partial charge in [-0.2, -0.15) is 0 Å². The minimum atomic E-state index is -2.88. The van der Waals surface area contributed by atoms with E-state index in [0.29, 0.717) is 36.0 Å². The van der Waals surface area contributed by atoms with E-state index in [2.05, 4.69) is 98.1 Å². The van der Waals surface area contributed by atoms with Crippen molar-refractivity contribution in [2.24, 2.45) is 5.92 Å². The summed E-state index contributed by atoms with van der Waals surface area (Å²) in [6.45, 7) is 8.02. The molecule has 1 saturated carbocycles. The van der Waals surface area contributed by atoms with Gasteiger partial charge < -0.3 is 33.1 Å². The van der Waals surface area contributed by atoms with Crippen LogP contribution in [0.2, 0.25) is 5.04 Å². The second-order valence-electron chi connectivity index (χ2n) is 17.0. The second-order valence-corrected chi connectivity index (χ2v) is 21.3. The van der Waals surface area contributed by atoms with Gasteiger partial charge in [0.25, 0.3) is 14.2 Å². The fourth-order valence-electron chi connectivity index (χ4n) is 9.00. The van der Waals surface area contributed by atoms with Gasteiger partial charge in [0.15, 0.2) is 5.76 Å². The van der Waals surface area contributed by atoms with Gasteiger partial charge in [0.2, 0.25) is 0 Å². The molecule has 3 heterocycles. The number of methoxy groups -OCH3 is 1. The van der Waals surface area contributed by atoms with Crippen LogP contribution in [0.15, 0.2) is 108 Å². The molecule has 11 heteroatoms. The van der Waals surface area contributed by atoms with Gasteiger partial charge in [0.05, 0.1) is 30.8 Å². The number of alkyl halides is 1. The third-order valence-electron chi connectivity index (χ3n) is 12.1. The summed E-state index contributed by atoms with van der Waals surface area (Å²) in [5, 5.41) is 13.7. The molecule has 2 atom stereocenters. The number of hydrogen-bond acceptors (Lipinski definition) is 5. The number of furan rings is 1. The molecule has 2 amide bonds. The Morgan fingerprint density at radius 2 is 1.59 bits per heavy atom. The van der Waals surface area contributed by atoms with Crippen molar-refractivity contribution in [1.29, 1.82) is 0 Å². The quantitative estimate of drug-likeness (QED) is 0.124. The van der Waals surface area contributed by atoms with Crippen molar-refractivity contribution in [3.05, 3.63) is 114 Å². The molecule has 8 rings (SSSR count). The molecule has 1 saturated heterocycles. The van der Waals surface area contributed by atoms with Crippen LogP contribution < -0.4 is 15.1 Å². The van der Waals surface area contributed by atoms with Crippen molar-refractivity contribution in [2.75, 3.05) is 33.9 Å². The SMILES string of the molecule is COc1cc(C(=O)N2C[C@H](F)C[C@@H](N(C)C(=O)O)C2)cc2oc(-c3cc4ccccc4n3CC3CC3)c(CCO[Si](c3ccccc3)(c3ccccc3)C(C)(C)C)c12. The number of fused-ring (bicyclic) bond motifs is 2. The van der Waals surface area contributed by atoms with E-state index in [0.717, 1.165) is 39.0 Å². The first-order valence-electron chi connectivity index (χ1n) is 20.3. The van der Waals surface area contributed by atoms with E-state index in [9.17, 15) is 14.7 Å². The van der Waals surface area contributed by atoms with Gasteiger partial charge in [0, 0.05) is 55.2 Å². The van der Waals surface area contributed by atoms with Gasteiger partial charge in [-0.05, 0) is 64.9 Å². The van der Waals surface area contributed by atoms with Crippen LogP contribution in [0.1, 0.15) is 56.0 Å². The lowest BCUT2D eigenvalue weighted by Gasteiger charge is -2.43. The molecule has 1 aliphatic carbocycles. The van der Waals surface area contributed by atoms with Crippen LogP contribution in [0.5, 0.6) is 5.75 Å². The summed E-state index contributed by atoms with van der Waals surface area (Å²) in [5.41, 5.74) is 3.77. The average molecular weight is 802 g/mol. The number of amides is 2. The monoisotopic (exact) mass is 801 g/mol. The van der Waals surface area contributed by atoms with Crippen LogP contribution in [-0.2, 0) is 17.4 Å². The van der Waals surface area contributed by atoms with Crippen LogP contribution in [0.4, 0.5) is 9.18 Å². The Hall–Kier alpha value is -5.39. The predicted molar refractivity (Wildman–Crippen MR) is 229 cm³/mol. The zero-order chi connectivity index (χ0) is 40.8. The maximum Gasteiger partial charge on any atom is 0.407 e. The number of ether oxygens (including phenoxy) is 1. The maximum atomic E-state index is 15.1. The van der Waals surface area contributed by atoms with E-state index in [1.54, 1.807) is 19.2 Å². The van der Waals surface area contributed by atoms with Gasteiger partial charge >= 0.3 is 6.09 Å². The Kier molecular flexibility index (Phi) is 10.7. The standard InChI is InChI=1S/C47H52FN3O6Si/c1-47(2,3)58(36-15-8-6-9-16-36,37-17-10-7-11-18-37)56-23-22-38-43-41(55-5)25-33(45(52)50-29-34(48)27-35(30-50)49(4)46(53)54)26-42(43)57-44(38)40-24-32-14-12-13-19-39(32)51(40)28-31-20-21-31/h6-19,24-26,31,34-35H,20-23,27-30H2,1-5H3,(H,53,54)/t34-,35-/m1/s1. The lowest BCUT2D eigenvalue weighted by atomic mass is 10.0. The molecule has 6 aromatic rings. The smallest absolute Gasteiger partial charge is 0.407 e. The minimum absolute atomic E-state index is 0.0324. The van der Waals surface area contributed by atoms with Crippen molar-refractivity contribution in [3.63, 3.8) is 0 Å². The van der Waals surface area contributed by atoms with Crippen LogP contribution in [0.25, 0.3) is 33.3 Å². The number of nitrogens with zero attached hydrogens (tertiary/aromatic N) is 3. The van der Waals surface area contributed by atoms with Gasteiger partial charge in [0.1, 0.15) is 17.5 Å². The van der Waals surface area contributed by atoms with Gasteiger partial charge in [-0.1, -0.05) is 99.6 Å². The number of rotatable bonds is 12. The number of carbonyl (C=O) groups is 2. The van der Waals surface area contributed by atoms with Crippen molar-refractivity contribution in [3.8, 4) is 17.2 Å². The molecule has 2 aromatic heterocycles. The number of aromatic nitrogens is 1. The Morgan fingerprint density at radius 3 is 2.21 bits per heavy atom. The first-order valence-corrected chi connectivity index (χ1v) is 22.2. The highest BCUT2D eigenvalue weighted by molar-refractivity contribution is 6.99. The third kappa shape index (κ3) is 7.30. The molecule has 1 aliphatic heterocycles. The van der Waals surface area contributed by atoms with E-state index in [1.165, 1.54) is 35.2 Å². The van der Waals surface area contributed by atoms with Crippen LogP contribution >= 0.6 is 0 Å². The zero-order valence-electron chi connectivity index (χ0n) is 33.9. The molecule has 0 spiro atoms. The average Bonchev–Trinajstić information content (AvgIpc) is 3.87. The summed E-state index contributed by atoms with van der Waals surface area (Å²) in [4.78, 5) is 28.4. The molecule has 302 valence electrons. The summed E-state index contributed by atoms with van der Waals surface area (Å²) in [6.07, 6.45) is 0.378. The molecule has 4 aromatic carbocycles. The maximum absolute atomic E-state index is 15.1. The highest BCUT2D eigenvalue weighted by Crippen LogP contribution is 2.44. The largest absolute Gasteiger partial charge is 0.496 e. The number of para-hydroxylation sites is 1. The third-order valence-corrected chi connectivity index (χ3v) is 17.1. The summed E-state index contributed by atoms with van der Waals surface area (Å²) in [5.74, 6) is 1.34. The Labute approximate surface area is 340 Å². The van der Waals surface area contributed by atoms with Crippen molar-refractivity contribution < 1.29 is 32.7 Å². The van der Waals surface area contributed by atoms with E-state index in [-0.39, 0.29) is 30.1 Å². The number of likely N-dealkylation sites (tertiary alicyclic amines) is 1. The van der Waals surface area contributed by atoms with Crippen molar-refractivity contribution in [2.45, 2.75) is 70.3 Å². The summed E-state index contributed by atoms with van der Waals surface area (Å²) < 4.78 is 37.9.